The van der Waals surface area contributed by atoms with Crippen LogP contribution in [0.2, 0.25) is 0 Å². The number of fused-ring (bicyclic) bond motifs is 1. The first-order valence-corrected chi connectivity index (χ1v) is 9.15. The summed E-state index contributed by atoms with van der Waals surface area (Å²) in [4.78, 5) is 30.3. The van der Waals surface area contributed by atoms with E-state index < -0.39 is 0 Å². The number of thiazole rings is 1. The van der Waals surface area contributed by atoms with Gasteiger partial charge in [-0.15, -0.1) is 11.3 Å². The maximum atomic E-state index is 11.9. The number of amides is 1. The molecule has 1 aromatic carbocycles. The second-order valence-corrected chi connectivity index (χ2v) is 7.62. The number of aromatic nitrogens is 1. The summed E-state index contributed by atoms with van der Waals surface area (Å²) in [5, 5.41) is 14.4. The van der Waals surface area contributed by atoms with Gasteiger partial charge >= 0.3 is 0 Å². The zero-order valence-corrected chi connectivity index (χ0v) is 14.4. The van der Waals surface area contributed by atoms with Crippen LogP contribution in [-0.4, -0.2) is 27.3 Å². The van der Waals surface area contributed by atoms with E-state index in [0.29, 0.717) is 5.13 Å². The van der Waals surface area contributed by atoms with E-state index in [0.717, 1.165) is 50.2 Å². The molecule has 4 rings (SSSR count). The predicted octanol–water partition coefficient (Wildman–Crippen LogP) is 2.96. The third-order valence-corrected chi connectivity index (χ3v) is 5.54. The van der Waals surface area contributed by atoms with Crippen molar-refractivity contribution in [3.8, 4) is 0 Å². The Morgan fingerprint density at radius 2 is 2.12 bits per heavy atom. The first kappa shape index (κ1) is 16.2. The molecule has 0 bridgehead atoms. The number of hydrogen-bond donors (Lipinski definition) is 1. The lowest BCUT2D eigenvalue weighted by Crippen LogP contribution is -2.29. The fourth-order valence-corrected chi connectivity index (χ4v) is 4.02. The maximum absolute atomic E-state index is 11.9. The molecule has 7 nitrogen and oxygen atoms in total. The molecule has 2 aliphatic rings. The van der Waals surface area contributed by atoms with Crippen molar-refractivity contribution < 1.29 is 9.72 Å². The molecular formula is C17H18N4O3S. The highest BCUT2D eigenvalue weighted by molar-refractivity contribution is 7.15. The molecule has 1 N–H and O–H groups in total. The quantitative estimate of drug-likeness (QED) is 0.656. The number of hydrogen-bond acceptors (Lipinski definition) is 6. The number of non-ortho nitro benzene ring substituents is 1. The van der Waals surface area contributed by atoms with Crippen LogP contribution >= 0.6 is 11.3 Å². The molecule has 0 unspecified atom stereocenters. The lowest BCUT2D eigenvalue weighted by atomic mass is 10.1. The summed E-state index contributed by atoms with van der Waals surface area (Å²) in [5.41, 5.74) is 2.25. The molecule has 2 heterocycles. The van der Waals surface area contributed by atoms with Crippen molar-refractivity contribution in [2.24, 2.45) is 5.92 Å². The second-order valence-electron chi connectivity index (χ2n) is 6.54. The van der Waals surface area contributed by atoms with Gasteiger partial charge in [-0.2, -0.15) is 0 Å². The van der Waals surface area contributed by atoms with E-state index in [4.69, 9.17) is 0 Å². The SMILES string of the molecule is O=C(Nc1nc2c(s1)CN(Cc1ccc([N+](=O)[O-])cc1)CC2)C1CC1. The van der Waals surface area contributed by atoms with Gasteiger partial charge in [-0.25, -0.2) is 4.98 Å². The highest BCUT2D eigenvalue weighted by Gasteiger charge is 2.30. The average Bonchev–Trinajstić information content (AvgIpc) is 3.36. The summed E-state index contributed by atoms with van der Waals surface area (Å²) in [6.07, 6.45) is 2.83. The number of rotatable bonds is 5. The number of carbonyl (C=O) groups excluding carboxylic acids is 1. The van der Waals surface area contributed by atoms with E-state index in [1.807, 2.05) is 12.1 Å². The van der Waals surface area contributed by atoms with Crippen molar-refractivity contribution in [1.82, 2.24) is 9.88 Å². The molecule has 25 heavy (non-hydrogen) atoms. The van der Waals surface area contributed by atoms with Crippen LogP contribution in [0.3, 0.4) is 0 Å². The molecule has 1 amide bonds. The standard InChI is InChI=1S/C17H18N4O3S/c22-16(12-3-4-12)19-17-18-14-7-8-20(10-15(14)25-17)9-11-1-5-13(6-2-11)21(23)24/h1-2,5-6,12H,3-4,7-10H2,(H,18,19,22). The van der Waals surface area contributed by atoms with Crippen molar-refractivity contribution in [1.29, 1.82) is 0 Å². The number of benzene rings is 1. The van der Waals surface area contributed by atoms with Crippen LogP contribution in [0.1, 0.15) is 29.0 Å². The summed E-state index contributed by atoms with van der Waals surface area (Å²) < 4.78 is 0. The van der Waals surface area contributed by atoms with Crippen molar-refractivity contribution >= 4 is 28.1 Å². The minimum atomic E-state index is -0.383. The van der Waals surface area contributed by atoms with Gasteiger partial charge in [0.05, 0.1) is 10.6 Å². The Morgan fingerprint density at radius 3 is 2.80 bits per heavy atom. The molecule has 0 saturated heterocycles. The molecule has 2 aromatic rings. The summed E-state index contributed by atoms with van der Waals surface area (Å²) in [6.45, 7) is 2.44. The van der Waals surface area contributed by atoms with Gasteiger partial charge in [0.1, 0.15) is 0 Å². The van der Waals surface area contributed by atoms with E-state index in [1.54, 1.807) is 23.5 Å². The Morgan fingerprint density at radius 1 is 1.36 bits per heavy atom. The van der Waals surface area contributed by atoms with Crippen molar-refractivity contribution in [2.45, 2.75) is 32.4 Å². The number of nitrogens with zero attached hydrogens (tertiary/aromatic N) is 3. The van der Waals surface area contributed by atoms with Crippen LogP contribution in [-0.2, 0) is 24.3 Å². The number of nitro groups is 1. The summed E-state index contributed by atoms with van der Waals surface area (Å²) >= 11 is 1.56. The summed E-state index contributed by atoms with van der Waals surface area (Å²) in [5.74, 6) is 0.272. The molecule has 1 fully saturated rings. The molecule has 0 radical (unpaired) electrons. The van der Waals surface area contributed by atoms with Crippen LogP contribution in [0.4, 0.5) is 10.8 Å². The first-order valence-electron chi connectivity index (χ1n) is 8.33. The zero-order valence-electron chi connectivity index (χ0n) is 13.6. The Balaban J connectivity index is 1.39. The van der Waals surface area contributed by atoms with Gasteiger partial charge in [0.25, 0.3) is 5.69 Å². The smallest absolute Gasteiger partial charge is 0.269 e. The van der Waals surface area contributed by atoms with Gasteiger partial charge in [0, 0.05) is 49.0 Å². The Kier molecular flexibility index (Phi) is 4.22. The molecule has 130 valence electrons. The predicted molar refractivity (Wildman–Crippen MR) is 94.4 cm³/mol. The Labute approximate surface area is 148 Å². The molecule has 0 atom stereocenters. The lowest BCUT2D eigenvalue weighted by molar-refractivity contribution is -0.384. The first-order chi connectivity index (χ1) is 12.1. The Bertz CT molecular complexity index is 814. The third kappa shape index (κ3) is 3.69. The van der Waals surface area contributed by atoms with Crippen LogP contribution in [0.5, 0.6) is 0 Å². The molecule has 1 saturated carbocycles. The van der Waals surface area contributed by atoms with Crippen molar-refractivity contribution in [3.63, 3.8) is 0 Å². The summed E-state index contributed by atoms with van der Waals surface area (Å²) in [6, 6.07) is 6.70. The number of carbonyl (C=O) groups is 1. The highest BCUT2D eigenvalue weighted by atomic mass is 32.1. The monoisotopic (exact) mass is 358 g/mol. The van der Waals surface area contributed by atoms with Crippen molar-refractivity contribution in [2.75, 3.05) is 11.9 Å². The molecular weight excluding hydrogens is 340 g/mol. The van der Waals surface area contributed by atoms with E-state index in [2.05, 4.69) is 15.2 Å². The zero-order chi connectivity index (χ0) is 17.4. The Hall–Kier alpha value is -2.32. The number of nitro benzene ring substituents is 1. The lowest BCUT2D eigenvalue weighted by Gasteiger charge is -2.25. The second kappa shape index (κ2) is 6.53. The van der Waals surface area contributed by atoms with Gasteiger partial charge in [0.15, 0.2) is 5.13 Å². The highest BCUT2D eigenvalue weighted by Crippen LogP contribution is 2.33. The van der Waals surface area contributed by atoms with E-state index in [-0.39, 0.29) is 22.4 Å². The van der Waals surface area contributed by atoms with E-state index in [9.17, 15) is 14.9 Å². The average molecular weight is 358 g/mol. The largest absolute Gasteiger partial charge is 0.302 e. The van der Waals surface area contributed by atoms with Crippen LogP contribution < -0.4 is 5.32 Å². The normalized spacial score (nSPS) is 17.1. The van der Waals surface area contributed by atoms with Crippen molar-refractivity contribution in [3.05, 3.63) is 50.5 Å². The maximum Gasteiger partial charge on any atom is 0.269 e. The molecule has 0 spiro atoms. The van der Waals surface area contributed by atoms with E-state index >= 15 is 0 Å². The third-order valence-electron chi connectivity index (χ3n) is 4.54. The van der Waals surface area contributed by atoms with Gasteiger partial charge in [-0.1, -0.05) is 12.1 Å². The molecule has 1 aliphatic carbocycles. The summed E-state index contributed by atoms with van der Waals surface area (Å²) in [7, 11) is 0. The number of nitrogens with one attached hydrogen (secondary N) is 1. The van der Waals surface area contributed by atoms with Crippen LogP contribution in [0.25, 0.3) is 0 Å². The minimum absolute atomic E-state index is 0.0915. The molecule has 1 aliphatic heterocycles. The van der Waals surface area contributed by atoms with Gasteiger partial charge in [0.2, 0.25) is 5.91 Å². The van der Waals surface area contributed by atoms with Gasteiger partial charge < -0.3 is 5.32 Å². The van der Waals surface area contributed by atoms with E-state index in [1.165, 1.54) is 4.88 Å². The minimum Gasteiger partial charge on any atom is -0.302 e. The van der Waals surface area contributed by atoms with Gasteiger partial charge in [-0.05, 0) is 18.4 Å². The van der Waals surface area contributed by atoms with Crippen LogP contribution in [0, 0.1) is 16.0 Å². The fraction of sp³-hybridized carbons (Fsp3) is 0.412. The topological polar surface area (TPSA) is 88.4 Å². The van der Waals surface area contributed by atoms with Gasteiger partial charge in [-0.3, -0.25) is 19.8 Å². The molecule has 1 aromatic heterocycles. The molecule has 8 heteroatoms. The van der Waals surface area contributed by atoms with Crippen LogP contribution in [0.15, 0.2) is 24.3 Å². The number of anilines is 1. The fourth-order valence-electron chi connectivity index (χ4n) is 2.97.